The molecule has 1 aromatic carbocycles. The van der Waals surface area contributed by atoms with Crippen molar-refractivity contribution in [1.29, 1.82) is 0 Å². The first-order valence-corrected chi connectivity index (χ1v) is 11.4. The molecule has 0 atom stereocenters. The standard InChI is InChI=1S/C22H28N6OS/c1-18-10-11-20(30-18)22(29)27-16-14-26(15-17-27)12-6-3-7-13-28-24-21(23-25-28)19-8-4-2-5-9-19/h2,4-5,8-11H,3,6-7,12-17H2,1H3. The van der Waals surface area contributed by atoms with E-state index in [1.165, 1.54) is 4.88 Å². The number of amides is 1. The van der Waals surface area contributed by atoms with E-state index in [-0.39, 0.29) is 5.91 Å². The van der Waals surface area contributed by atoms with E-state index in [4.69, 9.17) is 0 Å². The zero-order valence-electron chi connectivity index (χ0n) is 17.4. The topological polar surface area (TPSA) is 67.2 Å². The Bertz CT molecular complexity index is 945. The van der Waals surface area contributed by atoms with Gasteiger partial charge in [-0.1, -0.05) is 36.8 Å². The molecular formula is C22H28N6OS. The number of aryl methyl sites for hydroxylation is 2. The third-order valence-corrected chi connectivity index (χ3v) is 6.42. The van der Waals surface area contributed by atoms with Crippen LogP contribution in [-0.2, 0) is 6.54 Å². The number of carbonyl (C=O) groups excluding carboxylic acids is 1. The van der Waals surface area contributed by atoms with E-state index in [0.29, 0.717) is 5.82 Å². The molecule has 1 saturated heterocycles. The van der Waals surface area contributed by atoms with E-state index < -0.39 is 0 Å². The molecule has 7 nitrogen and oxygen atoms in total. The summed E-state index contributed by atoms with van der Waals surface area (Å²) in [6.45, 7) is 7.48. The number of rotatable bonds is 8. The average Bonchev–Trinajstić information content (AvgIpc) is 3.43. The summed E-state index contributed by atoms with van der Waals surface area (Å²) in [6.07, 6.45) is 3.33. The van der Waals surface area contributed by atoms with Gasteiger partial charge < -0.3 is 4.90 Å². The van der Waals surface area contributed by atoms with E-state index in [1.807, 2.05) is 54.3 Å². The SMILES string of the molecule is Cc1ccc(C(=O)N2CCN(CCCCCn3nnc(-c4ccccc4)n3)CC2)s1. The van der Waals surface area contributed by atoms with Crippen molar-refractivity contribution in [3.63, 3.8) is 0 Å². The summed E-state index contributed by atoms with van der Waals surface area (Å²) in [5, 5.41) is 12.8. The lowest BCUT2D eigenvalue weighted by Crippen LogP contribution is -2.48. The Balaban J connectivity index is 1.12. The van der Waals surface area contributed by atoms with Gasteiger partial charge in [-0.25, -0.2) is 0 Å². The first kappa shape index (κ1) is 20.7. The number of hydrogen-bond acceptors (Lipinski definition) is 6. The van der Waals surface area contributed by atoms with Gasteiger partial charge in [0.15, 0.2) is 0 Å². The first-order valence-electron chi connectivity index (χ1n) is 10.6. The number of unbranched alkanes of at least 4 members (excludes halogenated alkanes) is 2. The van der Waals surface area contributed by atoms with Crippen molar-refractivity contribution in [2.24, 2.45) is 0 Å². The molecule has 158 valence electrons. The van der Waals surface area contributed by atoms with Gasteiger partial charge in [-0.3, -0.25) is 9.69 Å². The molecule has 0 N–H and O–H groups in total. The van der Waals surface area contributed by atoms with Gasteiger partial charge in [0.25, 0.3) is 5.91 Å². The van der Waals surface area contributed by atoms with Crippen molar-refractivity contribution in [2.45, 2.75) is 32.7 Å². The zero-order chi connectivity index (χ0) is 20.8. The van der Waals surface area contributed by atoms with Gasteiger partial charge in [0, 0.05) is 36.6 Å². The van der Waals surface area contributed by atoms with E-state index in [9.17, 15) is 4.79 Å². The molecule has 3 aromatic rings. The van der Waals surface area contributed by atoms with E-state index in [1.54, 1.807) is 16.1 Å². The number of carbonyl (C=O) groups is 1. The lowest BCUT2D eigenvalue weighted by Gasteiger charge is -2.34. The Morgan fingerprint density at radius 1 is 0.967 bits per heavy atom. The van der Waals surface area contributed by atoms with Crippen LogP contribution in [0.25, 0.3) is 11.4 Å². The van der Waals surface area contributed by atoms with Crippen LogP contribution in [-0.4, -0.2) is 68.6 Å². The smallest absolute Gasteiger partial charge is 0.264 e. The summed E-state index contributed by atoms with van der Waals surface area (Å²) in [4.78, 5) is 20.7. The number of piperazine rings is 1. The lowest BCUT2D eigenvalue weighted by molar-refractivity contribution is 0.0640. The van der Waals surface area contributed by atoms with Gasteiger partial charge in [-0.2, -0.15) is 4.80 Å². The quantitative estimate of drug-likeness (QED) is 0.519. The van der Waals surface area contributed by atoms with Gasteiger partial charge >= 0.3 is 0 Å². The molecule has 30 heavy (non-hydrogen) atoms. The highest BCUT2D eigenvalue weighted by Crippen LogP contribution is 2.18. The number of hydrogen-bond donors (Lipinski definition) is 0. The maximum atomic E-state index is 12.5. The molecule has 0 saturated carbocycles. The van der Waals surface area contributed by atoms with Crippen LogP contribution in [0.5, 0.6) is 0 Å². The van der Waals surface area contributed by atoms with Crippen molar-refractivity contribution in [3.8, 4) is 11.4 Å². The predicted octanol–water partition coefficient (Wildman–Crippen LogP) is 3.34. The maximum absolute atomic E-state index is 12.5. The van der Waals surface area contributed by atoms with Crippen LogP contribution in [0.2, 0.25) is 0 Å². The minimum atomic E-state index is 0.183. The largest absolute Gasteiger partial charge is 0.335 e. The van der Waals surface area contributed by atoms with Gasteiger partial charge in [0.1, 0.15) is 0 Å². The summed E-state index contributed by atoms with van der Waals surface area (Å²) in [5.41, 5.74) is 0.996. The minimum absolute atomic E-state index is 0.183. The Kier molecular flexibility index (Phi) is 6.86. The fourth-order valence-electron chi connectivity index (χ4n) is 3.69. The maximum Gasteiger partial charge on any atom is 0.264 e. The molecule has 0 aliphatic carbocycles. The van der Waals surface area contributed by atoms with Crippen LogP contribution in [0.3, 0.4) is 0 Å². The third-order valence-electron chi connectivity index (χ3n) is 5.43. The number of thiophene rings is 1. The lowest BCUT2D eigenvalue weighted by atomic mass is 10.2. The monoisotopic (exact) mass is 424 g/mol. The summed E-state index contributed by atoms with van der Waals surface area (Å²) in [7, 11) is 0. The van der Waals surface area contributed by atoms with Crippen LogP contribution in [0.4, 0.5) is 0 Å². The van der Waals surface area contributed by atoms with Crippen LogP contribution in [0.1, 0.15) is 33.8 Å². The highest BCUT2D eigenvalue weighted by Gasteiger charge is 2.22. The summed E-state index contributed by atoms with van der Waals surface area (Å²) < 4.78 is 0. The molecule has 8 heteroatoms. The second kappa shape index (κ2) is 9.95. The zero-order valence-corrected chi connectivity index (χ0v) is 18.2. The summed E-state index contributed by atoms with van der Waals surface area (Å²) >= 11 is 1.59. The molecule has 0 bridgehead atoms. The molecule has 1 aliphatic rings. The molecule has 1 amide bonds. The normalized spacial score (nSPS) is 14.9. The molecular weight excluding hydrogens is 396 g/mol. The average molecular weight is 425 g/mol. The van der Waals surface area contributed by atoms with Crippen molar-refractivity contribution < 1.29 is 4.79 Å². The summed E-state index contributed by atoms with van der Waals surface area (Å²) in [5.74, 6) is 0.865. The molecule has 1 fully saturated rings. The molecule has 3 heterocycles. The number of benzene rings is 1. The Hall–Kier alpha value is -2.58. The molecule has 0 radical (unpaired) electrons. The van der Waals surface area contributed by atoms with Crippen molar-refractivity contribution >= 4 is 17.2 Å². The molecule has 0 spiro atoms. The minimum Gasteiger partial charge on any atom is -0.335 e. The van der Waals surface area contributed by atoms with Crippen LogP contribution < -0.4 is 0 Å². The second-order valence-electron chi connectivity index (χ2n) is 7.68. The van der Waals surface area contributed by atoms with Gasteiger partial charge in [-0.05, 0) is 43.7 Å². The molecule has 4 rings (SSSR count). The van der Waals surface area contributed by atoms with Crippen molar-refractivity contribution in [3.05, 3.63) is 52.2 Å². The fourth-order valence-corrected chi connectivity index (χ4v) is 4.52. The Morgan fingerprint density at radius 2 is 1.73 bits per heavy atom. The Labute approximate surface area is 181 Å². The third kappa shape index (κ3) is 5.31. The van der Waals surface area contributed by atoms with E-state index in [0.717, 1.165) is 69.0 Å². The number of tetrazole rings is 1. The Morgan fingerprint density at radius 3 is 2.47 bits per heavy atom. The second-order valence-corrected chi connectivity index (χ2v) is 8.97. The van der Waals surface area contributed by atoms with E-state index in [2.05, 4.69) is 20.3 Å². The fraction of sp³-hybridized carbons (Fsp3) is 0.455. The molecule has 0 unspecified atom stereocenters. The predicted molar refractivity (Wildman–Crippen MR) is 119 cm³/mol. The van der Waals surface area contributed by atoms with Crippen molar-refractivity contribution in [2.75, 3.05) is 32.7 Å². The number of aromatic nitrogens is 4. The van der Waals surface area contributed by atoms with Crippen LogP contribution in [0, 0.1) is 6.92 Å². The summed E-state index contributed by atoms with van der Waals surface area (Å²) in [6, 6.07) is 13.9. The van der Waals surface area contributed by atoms with Crippen LogP contribution >= 0.6 is 11.3 Å². The van der Waals surface area contributed by atoms with Crippen molar-refractivity contribution in [1.82, 2.24) is 30.0 Å². The molecule has 1 aliphatic heterocycles. The number of nitrogens with zero attached hydrogens (tertiary/aromatic N) is 6. The van der Waals surface area contributed by atoms with Gasteiger partial charge in [0.2, 0.25) is 5.82 Å². The molecule has 2 aromatic heterocycles. The first-order chi connectivity index (χ1) is 14.7. The van der Waals surface area contributed by atoms with E-state index >= 15 is 0 Å². The van der Waals surface area contributed by atoms with Gasteiger partial charge in [0.05, 0.1) is 11.4 Å². The highest BCUT2D eigenvalue weighted by molar-refractivity contribution is 7.13. The van der Waals surface area contributed by atoms with Gasteiger partial charge in [-0.15, -0.1) is 21.5 Å². The van der Waals surface area contributed by atoms with Crippen LogP contribution in [0.15, 0.2) is 42.5 Å². The highest BCUT2D eigenvalue weighted by atomic mass is 32.1.